The number of H-pyrrole nitrogens is 1. The number of hydrogen-bond acceptors (Lipinski definition) is 11. The lowest BCUT2D eigenvalue weighted by atomic mass is 9.57. The van der Waals surface area contributed by atoms with E-state index in [4.69, 9.17) is 28.0 Å². The maximum atomic E-state index is 13.4. The number of ether oxygens (including phenoxy) is 4. The number of aromatic nitrogens is 2. The van der Waals surface area contributed by atoms with Gasteiger partial charge in [-0.1, -0.05) is 54.6 Å². The predicted octanol–water partition coefficient (Wildman–Crippen LogP) is 5.52. The van der Waals surface area contributed by atoms with Gasteiger partial charge in [0.1, 0.15) is 29.3 Å². The Morgan fingerprint density at radius 1 is 0.945 bits per heavy atom. The van der Waals surface area contributed by atoms with Crippen molar-refractivity contribution in [2.24, 2.45) is 5.92 Å². The lowest BCUT2D eigenvalue weighted by Crippen LogP contribution is -2.59. The van der Waals surface area contributed by atoms with Crippen LogP contribution in [0.15, 0.2) is 101 Å². The second-order valence-electron chi connectivity index (χ2n) is 14.2. The van der Waals surface area contributed by atoms with Crippen molar-refractivity contribution in [1.29, 1.82) is 5.26 Å². The van der Waals surface area contributed by atoms with Crippen LogP contribution in [0, 0.1) is 17.2 Å². The van der Waals surface area contributed by atoms with Crippen LogP contribution in [0.3, 0.4) is 0 Å². The van der Waals surface area contributed by atoms with E-state index in [-0.39, 0.29) is 31.7 Å². The van der Waals surface area contributed by atoms with E-state index < -0.39 is 61.8 Å². The summed E-state index contributed by atoms with van der Waals surface area (Å²) in [6, 6.07) is 28.7. The van der Waals surface area contributed by atoms with Gasteiger partial charge in [-0.05, 0) is 68.7 Å². The number of nitrogens with zero attached hydrogens (tertiary/aromatic N) is 3. The number of aliphatic hydroxyl groups is 1. The summed E-state index contributed by atoms with van der Waals surface area (Å²) in [5.41, 5.74) is -1.30. The fourth-order valence-electron chi connectivity index (χ4n) is 8.23. The Labute approximate surface area is 322 Å². The first-order valence-electron chi connectivity index (χ1n) is 18.4. The van der Waals surface area contributed by atoms with Crippen LogP contribution in [0.2, 0.25) is 0 Å². The van der Waals surface area contributed by atoms with Gasteiger partial charge in [0.2, 0.25) is 0 Å². The molecule has 0 aliphatic carbocycles. The molecule has 2 fully saturated rings. The number of benzene rings is 3. The third kappa shape index (κ3) is 7.48. The van der Waals surface area contributed by atoms with Crippen molar-refractivity contribution in [1.82, 2.24) is 14.2 Å². The Morgan fingerprint density at radius 3 is 2.04 bits per heavy atom. The summed E-state index contributed by atoms with van der Waals surface area (Å²) in [5.74, 6) is 0.467. The van der Waals surface area contributed by atoms with Crippen LogP contribution in [-0.4, -0.2) is 83.3 Å². The number of hydrogen-bond donors (Lipinski definition) is 2. The van der Waals surface area contributed by atoms with Crippen molar-refractivity contribution in [3.63, 3.8) is 0 Å². The minimum atomic E-state index is -1.85. The lowest BCUT2D eigenvalue weighted by molar-refractivity contribution is -0.205. The quantitative estimate of drug-likeness (QED) is 0.0791. The Kier molecular flexibility index (Phi) is 12.6. The first-order valence-corrected chi connectivity index (χ1v) is 19.5. The number of aliphatic hydroxyl groups excluding tert-OH is 1. The van der Waals surface area contributed by atoms with Crippen LogP contribution >= 0.6 is 8.53 Å². The number of rotatable bonds is 17. The van der Waals surface area contributed by atoms with E-state index in [1.54, 1.807) is 14.2 Å². The molecule has 0 spiro atoms. The normalized spacial score (nSPS) is 21.9. The highest BCUT2D eigenvalue weighted by Crippen LogP contribution is 2.61. The van der Waals surface area contributed by atoms with Gasteiger partial charge >= 0.3 is 5.69 Å². The van der Waals surface area contributed by atoms with Gasteiger partial charge in [-0.2, -0.15) is 5.26 Å². The summed E-state index contributed by atoms with van der Waals surface area (Å²) < 4.78 is 42.0. The number of fused-ring (bicyclic) bond motifs is 2. The molecule has 6 atom stereocenters. The highest BCUT2D eigenvalue weighted by atomic mass is 31.2. The topological polar surface area (TPSA) is 158 Å². The second kappa shape index (κ2) is 17.2. The highest BCUT2D eigenvalue weighted by molar-refractivity contribution is 7.44. The van der Waals surface area contributed by atoms with Gasteiger partial charge in [0, 0.05) is 30.3 Å². The number of aromatic amines is 1. The van der Waals surface area contributed by atoms with Crippen LogP contribution in [-0.2, 0) is 23.9 Å². The van der Waals surface area contributed by atoms with Crippen molar-refractivity contribution in [3.8, 4) is 17.6 Å². The van der Waals surface area contributed by atoms with E-state index in [1.807, 2.05) is 107 Å². The van der Waals surface area contributed by atoms with Crippen molar-refractivity contribution < 1.29 is 33.1 Å². The second-order valence-corrected chi connectivity index (χ2v) is 15.6. The summed E-state index contributed by atoms with van der Waals surface area (Å²) in [6.45, 7) is 7.89. The maximum Gasteiger partial charge on any atom is 0.330 e. The summed E-state index contributed by atoms with van der Waals surface area (Å²) in [7, 11) is 1.36. The van der Waals surface area contributed by atoms with Gasteiger partial charge in [-0.25, -0.2) is 9.46 Å². The Morgan fingerprint density at radius 2 is 1.53 bits per heavy atom. The molecule has 2 aliphatic rings. The first-order chi connectivity index (χ1) is 26.5. The van der Waals surface area contributed by atoms with Crippen LogP contribution in [0.1, 0.15) is 57.0 Å². The van der Waals surface area contributed by atoms with Gasteiger partial charge in [-0.15, -0.1) is 0 Å². The zero-order valence-corrected chi connectivity index (χ0v) is 32.8. The average Bonchev–Trinajstić information content (AvgIpc) is 3.68. The molecule has 292 valence electrons. The minimum Gasteiger partial charge on any atom is -0.497 e. The number of methoxy groups -OCH3 is 2. The third-order valence-electron chi connectivity index (χ3n) is 10.5. The van der Waals surface area contributed by atoms with E-state index >= 15 is 0 Å². The molecule has 2 saturated heterocycles. The molecule has 0 amide bonds. The SMILES string of the molecule is COc1ccc(C(c2ccccc2)(c2ccc(OC)cc2)C(CO)[C@]23CO[C@@H]([C@H](n4ccc(=O)[nH]c4=O)O2)[C@@H]3OP(OCCC#N)N(C(C)C)C(C)C)cc1. The van der Waals surface area contributed by atoms with Crippen LogP contribution in [0.25, 0.3) is 0 Å². The van der Waals surface area contributed by atoms with E-state index in [9.17, 15) is 20.0 Å². The molecule has 4 aromatic rings. The van der Waals surface area contributed by atoms with Crippen LogP contribution < -0.4 is 20.7 Å². The average molecular weight is 773 g/mol. The zero-order valence-electron chi connectivity index (χ0n) is 32.0. The highest BCUT2D eigenvalue weighted by Gasteiger charge is 2.70. The Balaban J connectivity index is 1.63. The molecule has 0 radical (unpaired) electrons. The predicted molar refractivity (Wildman–Crippen MR) is 207 cm³/mol. The summed E-state index contributed by atoms with van der Waals surface area (Å²) >= 11 is 0. The van der Waals surface area contributed by atoms with Crippen molar-refractivity contribution >= 4 is 8.53 Å². The number of nitrogens with one attached hydrogen (secondary N) is 1. The molecule has 6 rings (SSSR count). The fraction of sp³-hybridized carbons (Fsp3) is 0.439. The van der Waals surface area contributed by atoms with Crippen molar-refractivity contribution in [2.45, 2.75) is 75.7 Å². The van der Waals surface area contributed by atoms with Crippen LogP contribution in [0.5, 0.6) is 11.5 Å². The molecule has 2 aliphatic heterocycles. The fourth-order valence-corrected chi connectivity index (χ4v) is 10.0. The molecule has 14 heteroatoms. The summed E-state index contributed by atoms with van der Waals surface area (Å²) in [4.78, 5) is 28.0. The van der Waals surface area contributed by atoms with E-state index in [2.05, 4.69) is 15.7 Å². The summed E-state index contributed by atoms with van der Waals surface area (Å²) in [6.07, 6.45) is -1.31. The Bertz CT molecular complexity index is 1980. The monoisotopic (exact) mass is 772 g/mol. The van der Waals surface area contributed by atoms with Crippen molar-refractivity contribution in [3.05, 3.63) is 129 Å². The third-order valence-corrected chi connectivity index (χ3v) is 12.6. The molecular formula is C41H49N4O9P. The van der Waals surface area contributed by atoms with E-state index in [0.29, 0.717) is 11.5 Å². The molecule has 55 heavy (non-hydrogen) atoms. The van der Waals surface area contributed by atoms with Crippen LogP contribution in [0.4, 0.5) is 0 Å². The molecule has 13 nitrogen and oxygen atoms in total. The van der Waals surface area contributed by atoms with Gasteiger partial charge in [0.25, 0.3) is 14.1 Å². The van der Waals surface area contributed by atoms with E-state index in [1.165, 1.54) is 16.8 Å². The molecule has 2 N–H and O–H groups in total. The van der Waals surface area contributed by atoms with Gasteiger partial charge in [0.05, 0.1) is 51.9 Å². The van der Waals surface area contributed by atoms with Crippen molar-refractivity contribution in [2.75, 3.05) is 34.0 Å². The molecule has 1 aromatic heterocycles. The molecule has 3 heterocycles. The van der Waals surface area contributed by atoms with Gasteiger partial charge in [0.15, 0.2) is 6.23 Å². The molecule has 2 bridgehead atoms. The minimum absolute atomic E-state index is 0.00617. The Hall–Kier alpha value is -4.38. The molecular weight excluding hydrogens is 723 g/mol. The maximum absolute atomic E-state index is 13.4. The van der Waals surface area contributed by atoms with Gasteiger partial charge < -0.3 is 33.1 Å². The standard InChI is InChI=1S/C41H49N4O9P/c1-27(2)45(28(3)4)55(52-24-10-22-42)54-37-36-38(44-23-21-35(47)43-39(44)48)53-40(37,26-51-36)34(25-46)41(29-11-8-7-9-12-29,30-13-17-32(49-5)18-14-30)31-15-19-33(50-6)20-16-31/h7-9,11-21,23,27-28,34,36-38,46H,10,24-26H2,1-6H3,(H,43,47,48)/t34?,36-,37+,38-,40+,55?/m1/s1. The number of nitriles is 1. The zero-order chi connectivity index (χ0) is 39.3. The van der Waals surface area contributed by atoms with Gasteiger partial charge in [-0.3, -0.25) is 14.3 Å². The molecule has 2 unspecified atom stereocenters. The lowest BCUT2D eigenvalue weighted by Gasteiger charge is -2.50. The smallest absolute Gasteiger partial charge is 0.330 e. The van der Waals surface area contributed by atoms with E-state index in [0.717, 1.165) is 16.7 Å². The molecule has 3 aromatic carbocycles. The molecule has 0 saturated carbocycles. The largest absolute Gasteiger partial charge is 0.497 e. The first kappa shape index (κ1) is 40.3. The summed E-state index contributed by atoms with van der Waals surface area (Å²) in [5, 5.41) is 21.5.